The minimum atomic E-state index is -0.531. The Morgan fingerprint density at radius 2 is 2.00 bits per heavy atom. The predicted octanol–water partition coefficient (Wildman–Crippen LogP) is 4.25. The van der Waals surface area contributed by atoms with Crippen molar-refractivity contribution in [3.63, 3.8) is 0 Å². The highest BCUT2D eigenvalue weighted by atomic mass is 32.2. The summed E-state index contributed by atoms with van der Waals surface area (Å²) in [6, 6.07) is 17.8. The van der Waals surface area contributed by atoms with E-state index >= 15 is 0 Å². The number of amides is 1. The molecule has 1 aromatic heterocycles. The van der Waals surface area contributed by atoms with Gasteiger partial charge in [0, 0.05) is 12.3 Å². The Hall–Kier alpha value is -2.40. The van der Waals surface area contributed by atoms with Crippen LogP contribution < -0.4 is 10.1 Å². The first-order chi connectivity index (χ1) is 12.2. The molecule has 2 aromatic carbocycles. The van der Waals surface area contributed by atoms with Crippen molar-refractivity contribution in [1.82, 2.24) is 5.32 Å². The van der Waals surface area contributed by atoms with Crippen LogP contribution in [0.15, 0.2) is 65.3 Å². The maximum absolute atomic E-state index is 12.1. The molecule has 3 rings (SSSR count). The lowest BCUT2D eigenvalue weighted by molar-refractivity contribution is -0.127. The quantitative estimate of drug-likeness (QED) is 0.614. The molecule has 0 aliphatic heterocycles. The highest BCUT2D eigenvalue weighted by Gasteiger charge is 2.14. The van der Waals surface area contributed by atoms with E-state index in [1.807, 2.05) is 48.5 Å². The zero-order valence-corrected chi connectivity index (χ0v) is 14.9. The second-order valence-corrected chi connectivity index (χ2v) is 6.80. The van der Waals surface area contributed by atoms with Crippen LogP contribution in [0, 0.1) is 0 Å². The summed E-state index contributed by atoms with van der Waals surface area (Å²) < 4.78 is 11.0. The number of nitrogens with one attached hydrogen (secondary N) is 1. The van der Waals surface area contributed by atoms with Gasteiger partial charge in [-0.1, -0.05) is 30.3 Å². The van der Waals surface area contributed by atoms with Crippen molar-refractivity contribution < 1.29 is 13.9 Å². The molecule has 130 valence electrons. The molecule has 0 saturated heterocycles. The van der Waals surface area contributed by atoms with Crippen molar-refractivity contribution >= 4 is 28.4 Å². The first kappa shape index (κ1) is 17.4. The fraction of sp³-hybridized carbons (Fsp3) is 0.250. The number of ether oxygens (including phenoxy) is 1. The third-order valence-corrected chi connectivity index (χ3v) is 4.75. The van der Waals surface area contributed by atoms with E-state index in [9.17, 15) is 4.79 Å². The molecule has 0 unspecified atom stereocenters. The highest BCUT2D eigenvalue weighted by Crippen LogP contribution is 2.21. The SMILES string of the molecule is C[C@H](Oc1ccc2ccccc2c1)C(=O)NCCSCc1ccco1. The number of hydrogen-bond acceptors (Lipinski definition) is 4. The summed E-state index contributed by atoms with van der Waals surface area (Å²) in [5.41, 5.74) is 0. The predicted molar refractivity (Wildman–Crippen MR) is 102 cm³/mol. The van der Waals surface area contributed by atoms with Crippen LogP contribution in [0.3, 0.4) is 0 Å². The Morgan fingerprint density at radius 1 is 1.16 bits per heavy atom. The number of benzene rings is 2. The van der Waals surface area contributed by atoms with Gasteiger partial charge in [0.05, 0.1) is 12.0 Å². The molecule has 1 atom stereocenters. The molecule has 1 N–H and O–H groups in total. The van der Waals surface area contributed by atoms with Crippen LogP contribution in [0.2, 0.25) is 0 Å². The lowest BCUT2D eigenvalue weighted by Crippen LogP contribution is -2.37. The van der Waals surface area contributed by atoms with Gasteiger partial charge in [0.2, 0.25) is 0 Å². The van der Waals surface area contributed by atoms with Gasteiger partial charge in [-0.25, -0.2) is 0 Å². The van der Waals surface area contributed by atoms with Gasteiger partial charge in [-0.3, -0.25) is 4.79 Å². The van der Waals surface area contributed by atoms with Crippen LogP contribution in [-0.2, 0) is 10.5 Å². The molecule has 1 amide bonds. The van der Waals surface area contributed by atoms with E-state index in [2.05, 4.69) is 11.4 Å². The Kier molecular flexibility index (Phi) is 6.01. The van der Waals surface area contributed by atoms with E-state index in [0.29, 0.717) is 12.3 Å². The molecule has 5 heteroatoms. The van der Waals surface area contributed by atoms with Gasteiger partial charge < -0.3 is 14.5 Å². The van der Waals surface area contributed by atoms with Gasteiger partial charge in [-0.05, 0) is 42.0 Å². The molecule has 3 aromatic rings. The first-order valence-electron chi connectivity index (χ1n) is 8.25. The summed E-state index contributed by atoms with van der Waals surface area (Å²) in [6.07, 6.45) is 1.14. The molecule has 0 spiro atoms. The van der Waals surface area contributed by atoms with E-state index < -0.39 is 6.10 Å². The minimum absolute atomic E-state index is 0.105. The van der Waals surface area contributed by atoms with Crippen molar-refractivity contribution in [2.24, 2.45) is 0 Å². The number of rotatable bonds is 8. The van der Waals surface area contributed by atoms with E-state index in [-0.39, 0.29) is 5.91 Å². The lowest BCUT2D eigenvalue weighted by Gasteiger charge is -2.15. The van der Waals surface area contributed by atoms with Crippen LogP contribution in [0.5, 0.6) is 5.75 Å². The largest absolute Gasteiger partial charge is 0.481 e. The van der Waals surface area contributed by atoms with Crippen molar-refractivity contribution in [3.8, 4) is 5.75 Å². The molecule has 0 aliphatic rings. The Labute approximate surface area is 151 Å². The Morgan fingerprint density at radius 3 is 2.80 bits per heavy atom. The molecule has 1 heterocycles. The maximum atomic E-state index is 12.1. The monoisotopic (exact) mass is 355 g/mol. The third kappa shape index (κ3) is 5.03. The van der Waals surface area contributed by atoms with E-state index in [1.165, 1.54) is 0 Å². The summed E-state index contributed by atoms with van der Waals surface area (Å²) >= 11 is 1.72. The molecular weight excluding hydrogens is 334 g/mol. The van der Waals surface area contributed by atoms with Gasteiger partial charge >= 0.3 is 0 Å². The van der Waals surface area contributed by atoms with E-state index in [4.69, 9.17) is 9.15 Å². The maximum Gasteiger partial charge on any atom is 0.260 e. The molecular formula is C20H21NO3S. The molecule has 0 aliphatic carbocycles. The van der Waals surface area contributed by atoms with E-state index in [1.54, 1.807) is 24.9 Å². The number of hydrogen-bond donors (Lipinski definition) is 1. The van der Waals surface area contributed by atoms with Crippen LogP contribution in [-0.4, -0.2) is 24.3 Å². The second-order valence-electron chi connectivity index (χ2n) is 5.69. The van der Waals surface area contributed by atoms with Gasteiger partial charge in [0.15, 0.2) is 6.10 Å². The first-order valence-corrected chi connectivity index (χ1v) is 9.41. The summed E-state index contributed by atoms with van der Waals surface area (Å²) in [6.45, 7) is 2.37. The molecule has 25 heavy (non-hydrogen) atoms. The number of fused-ring (bicyclic) bond motifs is 1. The summed E-state index contributed by atoms with van der Waals surface area (Å²) in [7, 11) is 0. The normalized spacial score (nSPS) is 12.0. The molecule has 0 radical (unpaired) electrons. The number of furan rings is 1. The van der Waals surface area contributed by atoms with Gasteiger partial charge in [0.1, 0.15) is 11.5 Å². The van der Waals surface area contributed by atoms with Gasteiger partial charge in [0.25, 0.3) is 5.91 Å². The van der Waals surface area contributed by atoms with Crippen LogP contribution in [0.1, 0.15) is 12.7 Å². The fourth-order valence-electron chi connectivity index (χ4n) is 2.46. The molecule has 0 bridgehead atoms. The molecule has 0 fully saturated rings. The van der Waals surface area contributed by atoms with Crippen molar-refractivity contribution in [2.75, 3.05) is 12.3 Å². The van der Waals surface area contributed by atoms with E-state index in [0.717, 1.165) is 28.0 Å². The van der Waals surface area contributed by atoms with Crippen molar-refractivity contribution in [3.05, 3.63) is 66.6 Å². The minimum Gasteiger partial charge on any atom is -0.481 e. The summed E-state index contributed by atoms with van der Waals surface area (Å²) in [5, 5.41) is 5.16. The summed E-state index contributed by atoms with van der Waals surface area (Å²) in [4.78, 5) is 12.1. The van der Waals surface area contributed by atoms with Crippen LogP contribution >= 0.6 is 11.8 Å². The fourth-order valence-corrected chi connectivity index (χ4v) is 3.21. The van der Waals surface area contributed by atoms with Crippen LogP contribution in [0.4, 0.5) is 0 Å². The number of carbonyl (C=O) groups is 1. The molecule has 0 saturated carbocycles. The number of thioether (sulfide) groups is 1. The topological polar surface area (TPSA) is 51.5 Å². The van der Waals surface area contributed by atoms with Gasteiger partial charge in [-0.15, -0.1) is 0 Å². The van der Waals surface area contributed by atoms with Crippen molar-refractivity contribution in [2.45, 2.75) is 18.8 Å². The zero-order valence-electron chi connectivity index (χ0n) is 14.1. The third-order valence-electron chi connectivity index (χ3n) is 3.77. The summed E-state index contributed by atoms with van der Waals surface area (Å²) in [5.74, 6) is 3.19. The second kappa shape index (κ2) is 8.62. The number of carbonyl (C=O) groups excluding carboxylic acids is 1. The Bertz CT molecular complexity index is 817. The standard InChI is InChI=1S/C20H21NO3S/c1-15(20(22)21-10-12-25-14-19-7-4-11-23-19)24-18-9-8-16-5-2-3-6-17(16)13-18/h2-9,11,13,15H,10,12,14H2,1H3,(H,21,22)/t15-/m0/s1. The Balaban J connectivity index is 1.42. The lowest BCUT2D eigenvalue weighted by atomic mass is 10.1. The average molecular weight is 355 g/mol. The molecule has 4 nitrogen and oxygen atoms in total. The average Bonchev–Trinajstić information content (AvgIpc) is 3.14. The van der Waals surface area contributed by atoms with Gasteiger partial charge in [-0.2, -0.15) is 11.8 Å². The smallest absolute Gasteiger partial charge is 0.260 e. The van der Waals surface area contributed by atoms with Crippen LogP contribution in [0.25, 0.3) is 10.8 Å². The zero-order chi connectivity index (χ0) is 17.5. The highest BCUT2D eigenvalue weighted by molar-refractivity contribution is 7.98. The van der Waals surface area contributed by atoms with Crippen molar-refractivity contribution in [1.29, 1.82) is 0 Å².